The monoisotopic (exact) mass is 313 g/mol. The largest absolute Gasteiger partial charge is 0.377 e. The lowest BCUT2D eigenvalue weighted by atomic mass is 10.2. The third-order valence-electron chi connectivity index (χ3n) is 3.48. The Kier molecular flexibility index (Phi) is 6.56. The van der Waals surface area contributed by atoms with Crippen LogP contribution in [0.2, 0.25) is 0 Å². The number of urea groups is 1. The van der Waals surface area contributed by atoms with Crippen molar-refractivity contribution in [3.8, 4) is 0 Å². The zero-order valence-electron chi connectivity index (χ0n) is 13.7. The maximum atomic E-state index is 12.1. The second kappa shape index (κ2) is 8.90. The number of hydrogen-bond donors (Lipinski definition) is 1. The quantitative estimate of drug-likeness (QED) is 0.796. The average molecular weight is 313 g/mol. The van der Waals surface area contributed by atoms with Gasteiger partial charge in [0.15, 0.2) is 0 Å². The molecule has 2 amide bonds. The first kappa shape index (κ1) is 17.0. The van der Waals surface area contributed by atoms with Gasteiger partial charge < -0.3 is 9.64 Å². The summed E-state index contributed by atoms with van der Waals surface area (Å²) in [5, 5.41) is 2.81. The highest BCUT2D eigenvalue weighted by molar-refractivity contribution is 5.88. The Balaban J connectivity index is 1.65. The van der Waals surface area contributed by atoms with Gasteiger partial charge in [-0.05, 0) is 30.5 Å². The molecule has 23 heavy (non-hydrogen) atoms. The minimum atomic E-state index is -0.158. The number of amides is 2. The Hall–Kier alpha value is -2.40. The molecule has 0 aliphatic heterocycles. The van der Waals surface area contributed by atoms with Crippen LogP contribution in [0.15, 0.2) is 48.7 Å². The van der Waals surface area contributed by atoms with Gasteiger partial charge in [-0.15, -0.1) is 0 Å². The zero-order valence-corrected chi connectivity index (χ0v) is 13.7. The van der Waals surface area contributed by atoms with Gasteiger partial charge >= 0.3 is 6.03 Å². The number of nitrogens with zero attached hydrogens (tertiary/aromatic N) is 2. The van der Waals surface area contributed by atoms with Crippen molar-refractivity contribution in [2.45, 2.75) is 20.0 Å². The number of ether oxygens (including phenoxy) is 1. The molecule has 0 saturated heterocycles. The normalized spacial score (nSPS) is 10.3. The molecule has 0 atom stereocenters. The van der Waals surface area contributed by atoms with E-state index in [4.69, 9.17) is 4.74 Å². The molecule has 5 heteroatoms. The molecule has 1 heterocycles. The first-order chi connectivity index (χ1) is 11.2. The molecule has 0 radical (unpaired) electrons. The Morgan fingerprint density at radius 3 is 2.74 bits per heavy atom. The van der Waals surface area contributed by atoms with Crippen molar-refractivity contribution < 1.29 is 9.53 Å². The van der Waals surface area contributed by atoms with E-state index in [1.54, 1.807) is 18.1 Å². The second-order valence-electron chi connectivity index (χ2n) is 5.41. The summed E-state index contributed by atoms with van der Waals surface area (Å²) < 4.78 is 5.62. The Labute approximate surface area is 137 Å². The molecule has 0 bridgehead atoms. The number of pyridine rings is 1. The molecule has 122 valence electrons. The highest BCUT2D eigenvalue weighted by atomic mass is 16.5. The molecule has 1 aromatic heterocycles. The Morgan fingerprint density at radius 2 is 2.00 bits per heavy atom. The number of carbonyl (C=O) groups is 1. The summed E-state index contributed by atoms with van der Waals surface area (Å²) in [4.78, 5) is 17.9. The van der Waals surface area contributed by atoms with Crippen LogP contribution in [0.1, 0.15) is 17.5 Å². The van der Waals surface area contributed by atoms with Crippen molar-refractivity contribution in [2.24, 2.45) is 0 Å². The predicted octanol–water partition coefficient (Wildman–Crippen LogP) is 3.46. The summed E-state index contributed by atoms with van der Waals surface area (Å²) in [6.07, 6.45) is 2.46. The molecular formula is C18H23N3O2. The zero-order chi connectivity index (χ0) is 16.5. The Bertz CT molecular complexity index is 617. The average Bonchev–Trinajstić information content (AvgIpc) is 2.57. The fraction of sp³-hybridized carbons (Fsp3) is 0.333. The van der Waals surface area contributed by atoms with Crippen molar-refractivity contribution in [3.63, 3.8) is 0 Å². The number of aryl methyl sites for hydroxylation is 1. The van der Waals surface area contributed by atoms with Gasteiger partial charge in [-0.1, -0.05) is 36.4 Å². The predicted molar refractivity (Wildman–Crippen MR) is 91.3 cm³/mol. The molecule has 0 fully saturated rings. The maximum absolute atomic E-state index is 12.1. The molecular weight excluding hydrogens is 290 g/mol. The number of carbonyl (C=O) groups excluding carboxylic acids is 1. The van der Waals surface area contributed by atoms with Gasteiger partial charge in [-0.2, -0.15) is 0 Å². The van der Waals surface area contributed by atoms with Crippen LogP contribution in [-0.4, -0.2) is 36.1 Å². The van der Waals surface area contributed by atoms with E-state index in [2.05, 4.69) is 10.3 Å². The molecule has 0 aliphatic rings. The first-order valence-corrected chi connectivity index (χ1v) is 7.72. The third kappa shape index (κ3) is 5.71. The summed E-state index contributed by atoms with van der Waals surface area (Å²) in [6.45, 7) is 3.77. The third-order valence-corrected chi connectivity index (χ3v) is 3.48. The minimum Gasteiger partial charge on any atom is -0.377 e. The molecule has 1 aromatic carbocycles. The van der Waals surface area contributed by atoms with Crippen LogP contribution in [0.5, 0.6) is 0 Å². The van der Waals surface area contributed by atoms with Gasteiger partial charge in [0.25, 0.3) is 0 Å². The van der Waals surface area contributed by atoms with E-state index in [0.29, 0.717) is 25.6 Å². The highest BCUT2D eigenvalue weighted by Gasteiger charge is 2.10. The topological polar surface area (TPSA) is 54.5 Å². The van der Waals surface area contributed by atoms with E-state index in [0.717, 1.165) is 17.5 Å². The van der Waals surface area contributed by atoms with E-state index in [9.17, 15) is 4.79 Å². The molecule has 0 spiro atoms. The SMILES string of the molecule is Cc1cccnc1NC(=O)N(C)CCCOCc1ccccc1. The second-order valence-corrected chi connectivity index (χ2v) is 5.41. The van der Waals surface area contributed by atoms with Crippen molar-refractivity contribution in [1.82, 2.24) is 9.88 Å². The number of rotatable bonds is 7. The molecule has 2 rings (SSSR count). The standard InChI is InChI=1S/C18H23N3O2/c1-15-8-6-11-19-17(15)20-18(22)21(2)12-7-13-23-14-16-9-4-3-5-10-16/h3-6,8-11H,7,12-14H2,1-2H3,(H,19,20,22). The van der Waals surface area contributed by atoms with E-state index in [-0.39, 0.29) is 6.03 Å². The van der Waals surface area contributed by atoms with Crippen molar-refractivity contribution in [3.05, 3.63) is 59.8 Å². The fourth-order valence-electron chi connectivity index (χ4n) is 2.08. The minimum absolute atomic E-state index is 0.158. The number of nitrogens with one attached hydrogen (secondary N) is 1. The lowest BCUT2D eigenvalue weighted by Gasteiger charge is -2.18. The molecule has 2 aromatic rings. The van der Waals surface area contributed by atoms with Gasteiger partial charge in [0.05, 0.1) is 6.61 Å². The van der Waals surface area contributed by atoms with E-state index in [1.807, 2.05) is 49.4 Å². The molecule has 0 unspecified atom stereocenters. The molecule has 0 saturated carbocycles. The highest BCUT2D eigenvalue weighted by Crippen LogP contribution is 2.09. The lowest BCUT2D eigenvalue weighted by molar-refractivity contribution is 0.113. The summed E-state index contributed by atoms with van der Waals surface area (Å²) in [5.41, 5.74) is 2.10. The summed E-state index contributed by atoms with van der Waals surface area (Å²) in [5.74, 6) is 0.602. The number of hydrogen-bond acceptors (Lipinski definition) is 3. The van der Waals surface area contributed by atoms with Gasteiger partial charge in [0.1, 0.15) is 5.82 Å². The van der Waals surface area contributed by atoms with E-state index in [1.165, 1.54) is 0 Å². The Morgan fingerprint density at radius 1 is 1.22 bits per heavy atom. The lowest BCUT2D eigenvalue weighted by Crippen LogP contribution is -2.33. The number of aromatic nitrogens is 1. The van der Waals surface area contributed by atoms with Crippen molar-refractivity contribution >= 4 is 11.8 Å². The first-order valence-electron chi connectivity index (χ1n) is 7.72. The molecule has 5 nitrogen and oxygen atoms in total. The van der Waals surface area contributed by atoms with Crippen molar-refractivity contribution in [2.75, 3.05) is 25.5 Å². The van der Waals surface area contributed by atoms with Crippen LogP contribution in [0, 0.1) is 6.92 Å². The van der Waals surface area contributed by atoms with Crippen molar-refractivity contribution in [1.29, 1.82) is 0 Å². The number of anilines is 1. The van der Waals surface area contributed by atoms with Gasteiger partial charge in [-0.25, -0.2) is 9.78 Å². The van der Waals surface area contributed by atoms with E-state index >= 15 is 0 Å². The number of benzene rings is 1. The van der Waals surface area contributed by atoms with Gasteiger partial charge in [0.2, 0.25) is 0 Å². The smallest absolute Gasteiger partial charge is 0.322 e. The summed E-state index contributed by atoms with van der Waals surface area (Å²) in [7, 11) is 1.77. The van der Waals surface area contributed by atoms with Crippen LogP contribution in [-0.2, 0) is 11.3 Å². The maximum Gasteiger partial charge on any atom is 0.322 e. The summed E-state index contributed by atoms with van der Waals surface area (Å²) in [6, 6.07) is 13.7. The van der Waals surface area contributed by atoms with Crippen LogP contribution in [0.4, 0.5) is 10.6 Å². The van der Waals surface area contributed by atoms with Crippen LogP contribution in [0.25, 0.3) is 0 Å². The van der Waals surface area contributed by atoms with Crippen LogP contribution >= 0.6 is 0 Å². The van der Waals surface area contributed by atoms with Crippen LogP contribution in [0.3, 0.4) is 0 Å². The van der Waals surface area contributed by atoms with Crippen LogP contribution < -0.4 is 5.32 Å². The molecule has 1 N–H and O–H groups in total. The van der Waals surface area contributed by atoms with Gasteiger partial charge in [-0.3, -0.25) is 5.32 Å². The molecule has 0 aliphatic carbocycles. The fourth-order valence-corrected chi connectivity index (χ4v) is 2.08. The van der Waals surface area contributed by atoms with E-state index < -0.39 is 0 Å². The van der Waals surface area contributed by atoms with Gasteiger partial charge in [0, 0.05) is 26.4 Å². The summed E-state index contributed by atoms with van der Waals surface area (Å²) >= 11 is 0.